The van der Waals surface area contributed by atoms with Gasteiger partial charge in [0.1, 0.15) is 5.75 Å². The van der Waals surface area contributed by atoms with Crippen LogP contribution in [0.4, 0.5) is 0 Å². The molecule has 0 unspecified atom stereocenters. The van der Waals surface area contributed by atoms with E-state index in [0.29, 0.717) is 5.75 Å². The van der Waals surface area contributed by atoms with E-state index in [0.717, 1.165) is 3.57 Å². The van der Waals surface area contributed by atoms with Crippen molar-refractivity contribution in [2.75, 3.05) is 13.2 Å². The molecule has 6 heteroatoms. The number of phosphoric acid groups is 1. The van der Waals surface area contributed by atoms with Gasteiger partial charge in [0.05, 0.1) is 13.2 Å². The van der Waals surface area contributed by atoms with Crippen molar-refractivity contribution in [3.05, 3.63) is 27.8 Å². The van der Waals surface area contributed by atoms with Crippen LogP contribution in [0.5, 0.6) is 5.75 Å². The molecule has 0 saturated carbocycles. The Morgan fingerprint density at radius 1 is 1.25 bits per heavy atom. The molecule has 4 nitrogen and oxygen atoms in total. The molecule has 90 valence electrons. The van der Waals surface area contributed by atoms with Crippen molar-refractivity contribution >= 4 is 30.4 Å². The highest BCUT2D eigenvalue weighted by atomic mass is 127. The fourth-order valence-corrected chi connectivity index (χ4v) is 2.76. The minimum Gasteiger partial charge on any atom is -0.404 e. The molecule has 16 heavy (non-hydrogen) atoms. The van der Waals surface area contributed by atoms with Crippen molar-refractivity contribution < 1.29 is 18.1 Å². The van der Waals surface area contributed by atoms with E-state index in [1.165, 1.54) is 0 Å². The predicted octanol–water partition coefficient (Wildman–Crippen LogP) is 3.85. The third-order valence-electron chi connectivity index (χ3n) is 1.59. The van der Waals surface area contributed by atoms with Crippen LogP contribution in [0.1, 0.15) is 13.8 Å². The molecule has 1 rings (SSSR count). The second-order valence-electron chi connectivity index (χ2n) is 2.83. The number of hydrogen-bond donors (Lipinski definition) is 0. The van der Waals surface area contributed by atoms with Gasteiger partial charge in [-0.15, -0.1) is 0 Å². The molecule has 0 fully saturated rings. The van der Waals surface area contributed by atoms with Gasteiger partial charge in [-0.2, -0.15) is 0 Å². The van der Waals surface area contributed by atoms with E-state index in [4.69, 9.17) is 13.6 Å². The first-order valence-electron chi connectivity index (χ1n) is 4.94. The van der Waals surface area contributed by atoms with Crippen molar-refractivity contribution in [3.8, 4) is 5.75 Å². The Labute approximate surface area is 109 Å². The standard InChI is InChI=1S/C10H14IO4P/c1-3-13-16(12,14-4-2)15-10-7-5-6-9(11)8-10/h5-8H,3-4H2,1-2H3. The third-order valence-corrected chi connectivity index (χ3v) is 3.84. The van der Waals surface area contributed by atoms with Crippen molar-refractivity contribution in [1.29, 1.82) is 0 Å². The molecule has 0 N–H and O–H groups in total. The largest absolute Gasteiger partial charge is 0.530 e. The van der Waals surface area contributed by atoms with Crippen molar-refractivity contribution in [2.45, 2.75) is 13.8 Å². The van der Waals surface area contributed by atoms with E-state index < -0.39 is 7.82 Å². The van der Waals surface area contributed by atoms with Crippen LogP contribution >= 0.6 is 30.4 Å². The van der Waals surface area contributed by atoms with Crippen LogP contribution in [0.25, 0.3) is 0 Å². The molecule has 0 aliphatic carbocycles. The van der Waals surface area contributed by atoms with Crippen LogP contribution in [0.15, 0.2) is 24.3 Å². The zero-order chi connectivity index (χ0) is 12.0. The maximum absolute atomic E-state index is 12.0. The molecule has 0 amide bonds. The first kappa shape index (κ1) is 14.0. The fourth-order valence-electron chi connectivity index (χ4n) is 1.06. The second kappa shape index (κ2) is 6.59. The van der Waals surface area contributed by atoms with Crippen LogP contribution in [-0.4, -0.2) is 13.2 Å². The summed E-state index contributed by atoms with van der Waals surface area (Å²) in [6, 6.07) is 7.22. The Bertz CT molecular complexity index is 373. The maximum Gasteiger partial charge on any atom is 0.530 e. The molecule has 1 aromatic rings. The Morgan fingerprint density at radius 2 is 1.88 bits per heavy atom. The number of halogens is 1. The molecule has 0 radical (unpaired) electrons. The molecule has 0 spiro atoms. The van der Waals surface area contributed by atoms with E-state index in [1.807, 2.05) is 12.1 Å². The summed E-state index contributed by atoms with van der Waals surface area (Å²) in [6.45, 7) is 4.04. The molecule has 0 saturated heterocycles. The minimum atomic E-state index is -3.46. The fraction of sp³-hybridized carbons (Fsp3) is 0.400. The summed E-state index contributed by atoms with van der Waals surface area (Å²) in [5, 5.41) is 0. The van der Waals surface area contributed by atoms with E-state index in [1.54, 1.807) is 26.0 Å². The lowest BCUT2D eigenvalue weighted by molar-refractivity contribution is 0.167. The number of phosphoric ester groups is 1. The highest BCUT2D eigenvalue weighted by Crippen LogP contribution is 2.49. The van der Waals surface area contributed by atoms with Crippen LogP contribution in [0, 0.1) is 3.57 Å². The number of rotatable bonds is 6. The van der Waals surface area contributed by atoms with Gasteiger partial charge in [0, 0.05) is 3.57 Å². The van der Waals surface area contributed by atoms with Crippen LogP contribution in [0.3, 0.4) is 0 Å². The van der Waals surface area contributed by atoms with Crippen molar-refractivity contribution in [1.82, 2.24) is 0 Å². The summed E-state index contributed by atoms with van der Waals surface area (Å²) in [5.41, 5.74) is 0. The maximum atomic E-state index is 12.0. The molecule has 1 aromatic carbocycles. The summed E-state index contributed by atoms with van der Waals surface area (Å²) in [6.07, 6.45) is 0. The first-order chi connectivity index (χ1) is 7.59. The van der Waals surface area contributed by atoms with Crippen LogP contribution in [0.2, 0.25) is 0 Å². The average molecular weight is 356 g/mol. The van der Waals surface area contributed by atoms with E-state index in [-0.39, 0.29) is 13.2 Å². The molecule has 0 aromatic heterocycles. The summed E-state index contributed by atoms with van der Waals surface area (Å²) in [5.74, 6) is 0.483. The Kier molecular flexibility index (Phi) is 5.75. The minimum absolute atomic E-state index is 0.279. The quantitative estimate of drug-likeness (QED) is 0.574. The summed E-state index contributed by atoms with van der Waals surface area (Å²) in [7, 11) is -3.46. The Hall–Kier alpha value is -0.100. The zero-order valence-corrected chi connectivity index (χ0v) is 12.2. The monoisotopic (exact) mass is 356 g/mol. The smallest absolute Gasteiger partial charge is 0.404 e. The molecule has 0 atom stereocenters. The van der Waals surface area contributed by atoms with Gasteiger partial charge in [-0.3, -0.25) is 9.05 Å². The Morgan fingerprint density at radius 3 is 2.38 bits per heavy atom. The van der Waals surface area contributed by atoms with Crippen LogP contribution < -0.4 is 4.52 Å². The number of hydrogen-bond acceptors (Lipinski definition) is 4. The van der Waals surface area contributed by atoms with E-state index >= 15 is 0 Å². The van der Waals surface area contributed by atoms with Gasteiger partial charge in [-0.05, 0) is 54.6 Å². The Balaban J connectivity index is 2.79. The van der Waals surface area contributed by atoms with Gasteiger partial charge in [0.15, 0.2) is 0 Å². The molecule has 0 heterocycles. The summed E-state index contributed by atoms with van der Waals surface area (Å²) >= 11 is 2.15. The molecular weight excluding hydrogens is 342 g/mol. The summed E-state index contributed by atoms with van der Waals surface area (Å²) < 4.78 is 28.3. The van der Waals surface area contributed by atoms with Gasteiger partial charge in [-0.25, -0.2) is 4.57 Å². The first-order valence-corrected chi connectivity index (χ1v) is 7.48. The lowest BCUT2D eigenvalue weighted by Crippen LogP contribution is -2.02. The zero-order valence-electron chi connectivity index (χ0n) is 9.18. The van der Waals surface area contributed by atoms with Gasteiger partial charge in [-0.1, -0.05) is 6.07 Å². The molecule has 0 aliphatic heterocycles. The van der Waals surface area contributed by atoms with Crippen LogP contribution in [-0.2, 0) is 13.6 Å². The van der Waals surface area contributed by atoms with Crippen molar-refractivity contribution in [2.24, 2.45) is 0 Å². The van der Waals surface area contributed by atoms with Crippen molar-refractivity contribution in [3.63, 3.8) is 0 Å². The number of benzene rings is 1. The lowest BCUT2D eigenvalue weighted by atomic mass is 10.3. The lowest BCUT2D eigenvalue weighted by Gasteiger charge is -2.16. The van der Waals surface area contributed by atoms with Gasteiger partial charge < -0.3 is 4.52 Å². The van der Waals surface area contributed by atoms with E-state index in [2.05, 4.69) is 22.6 Å². The van der Waals surface area contributed by atoms with Gasteiger partial charge in [0.2, 0.25) is 0 Å². The highest BCUT2D eigenvalue weighted by Gasteiger charge is 2.27. The second-order valence-corrected chi connectivity index (χ2v) is 5.67. The predicted molar refractivity (Wildman–Crippen MR) is 70.6 cm³/mol. The average Bonchev–Trinajstić information content (AvgIpc) is 2.17. The van der Waals surface area contributed by atoms with Gasteiger partial charge in [0.25, 0.3) is 0 Å². The topological polar surface area (TPSA) is 44.8 Å². The highest BCUT2D eigenvalue weighted by molar-refractivity contribution is 14.1. The molecular formula is C10H14IO4P. The normalized spacial score (nSPS) is 11.4. The third kappa shape index (κ3) is 4.41. The van der Waals surface area contributed by atoms with E-state index in [9.17, 15) is 4.57 Å². The molecule has 0 aliphatic rings. The molecule has 0 bridgehead atoms. The SMILES string of the molecule is CCOP(=O)(OCC)Oc1cccc(I)c1. The summed E-state index contributed by atoms with van der Waals surface area (Å²) in [4.78, 5) is 0. The van der Waals surface area contributed by atoms with Gasteiger partial charge >= 0.3 is 7.82 Å².